The molecule has 0 heterocycles. The highest BCUT2D eigenvalue weighted by molar-refractivity contribution is 7.89. The average molecular weight is 425 g/mol. The minimum Gasteiger partial charge on any atom is -0.496 e. The zero-order valence-electron chi connectivity index (χ0n) is 16.5. The Bertz CT molecular complexity index is 961. The van der Waals surface area contributed by atoms with Gasteiger partial charge in [-0.05, 0) is 55.3 Å². The first kappa shape index (κ1) is 22.2. The molecule has 1 amide bonds. The monoisotopic (exact) mass is 424 g/mol. The van der Waals surface area contributed by atoms with Crippen LogP contribution >= 0.6 is 11.6 Å². The predicted molar refractivity (Wildman–Crippen MR) is 110 cm³/mol. The van der Waals surface area contributed by atoms with Crippen molar-refractivity contribution in [2.24, 2.45) is 0 Å². The summed E-state index contributed by atoms with van der Waals surface area (Å²) in [5.74, 6) is 0.448. The molecule has 2 rings (SSSR count). The van der Waals surface area contributed by atoms with E-state index in [2.05, 4.69) is 4.72 Å². The zero-order chi connectivity index (χ0) is 20.9. The largest absolute Gasteiger partial charge is 0.496 e. The number of ether oxygens (including phenoxy) is 1. The number of methoxy groups -OCH3 is 1. The van der Waals surface area contributed by atoms with Gasteiger partial charge in [0.25, 0.3) is 0 Å². The van der Waals surface area contributed by atoms with Gasteiger partial charge in [-0.1, -0.05) is 17.7 Å². The first-order valence-electron chi connectivity index (χ1n) is 8.77. The number of benzene rings is 2. The first-order valence-corrected chi connectivity index (χ1v) is 10.6. The number of amides is 1. The molecule has 152 valence electrons. The van der Waals surface area contributed by atoms with Gasteiger partial charge in [0, 0.05) is 37.1 Å². The van der Waals surface area contributed by atoms with Gasteiger partial charge in [0.1, 0.15) is 5.75 Å². The van der Waals surface area contributed by atoms with Gasteiger partial charge in [-0.15, -0.1) is 0 Å². The smallest absolute Gasteiger partial charge is 0.240 e. The summed E-state index contributed by atoms with van der Waals surface area (Å²) in [6.07, 6.45) is 0.0451. The second-order valence-electron chi connectivity index (χ2n) is 6.60. The van der Waals surface area contributed by atoms with Crippen LogP contribution in [0.2, 0.25) is 5.02 Å². The minimum absolute atomic E-state index is 0.0190. The van der Waals surface area contributed by atoms with Crippen LogP contribution in [0.3, 0.4) is 0 Å². The fourth-order valence-corrected chi connectivity index (χ4v) is 3.97. The van der Waals surface area contributed by atoms with Crippen LogP contribution in [0.25, 0.3) is 0 Å². The van der Waals surface area contributed by atoms with Gasteiger partial charge in [0.05, 0.1) is 12.0 Å². The summed E-state index contributed by atoms with van der Waals surface area (Å²) < 4.78 is 32.6. The highest BCUT2D eigenvalue weighted by Gasteiger charge is 2.17. The molecule has 0 bridgehead atoms. The number of nitrogens with one attached hydrogen (secondary N) is 1. The molecule has 0 unspecified atom stereocenters. The molecule has 0 fully saturated rings. The van der Waals surface area contributed by atoms with Gasteiger partial charge in [0.15, 0.2) is 0 Å². The molecule has 2 aromatic carbocycles. The fraction of sp³-hybridized carbons (Fsp3) is 0.350. The molecule has 0 atom stereocenters. The second-order valence-corrected chi connectivity index (χ2v) is 8.80. The van der Waals surface area contributed by atoms with Crippen LogP contribution in [-0.4, -0.2) is 39.9 Å². The molecule has 0 aliphatic rings. The van der Waals surface area contributed by atoms with E-state index in [4.69, 9.17) is 16.3 Å². The highest BCUT2D eigenvalue weighted by Crippen LogP contribution is 2.24. The Labute approximate surface area is 171 Å². The second kappa shape index (κ2) is 9.41. The number of sulfonamides is 1. The SMILES string of the molecule is COc1ccc(Cl)cc1CN(C)C(=O)CCNS(=O)(=O)c1ccc(C)c(C)c1. The summed E-state index contributed by atoms with van der Waals surface area (Å²) in [5, 5.41) is 0.554. The highest BCUT2D eigenvalue weighted by atomic mass is 35.5. The van der Waals surface area contributed by atoms with Crippen LogP contribution in [0.15, 0.2) is 41.3 Å². The third-order valence-corrected chi connectivity index (χ3v) is 6.19. The predicted octanol–water partition coefficient (Wildman–Crippen LogP) is 3.29. The molecule has 0 aromatic heterocycles. The van der Waals surface area contributed by atoms with Crippen molar-refractivity contribution in [1.29, 1.82) is 0 Å². The van der Waals surface area contributed by atoms with Crippen molar-refractivity contribution >= 4 is 27.5 Å². The van der Waals surface area contributed by atoms with Gasteiger partial charge in [-0.2, -0.15) is 0 Å². The third-order valence-electron chi connectivity index (χ3n) is 4.50. The van der Waals surface area contributed by atoms with E-state index in [1.807, 2.05) is 13.8 Å². The van der Waals surface area contributed by atoms with E-state index in [1.165, 1.54) is 4.90 Å². The van der Waals surface area contributed by atoms with Crippen molar-refractivity contribution in [1.82, 2.24) is 9.62 Å². The lowest BCUT2D eigenvalue weighted by atomic mass is 10.1. The Hall–Kier alpha value is -2.09. The summed E-state index contributed by atoms with van der Waals surface area (Å²) in [7, 11) is -0.449. The Kier molecular flexibility index (Phi) is 7.46. The van der Waals surface area contributed by atoms with Crippen molar-refractivity contribution in [3.8, 4) is 5.75 Å². The Morgan fingerprint density at radius 1 is 1.14 bits per heavy atom. The number of rotatable bonds is 8. The van der Waals surface area contributed by atoms with Crippen molar-refractivity contribution in [3.05, 3.63) is 58.1 Å². The molecule has 0 spiro atoms. The van der Waals surface area contributed by atoms with Crippen LogP contribution in [0.5, 0.6) is 5.75 Å². The maximum atomic E-state index is 12.4. The average Bonchev–Trinajstić information content (AvgIpc) is 2.63. The van der Waals surface area contributed by atoms with E-state index in [9.17, 15) is 13.2 Å². The lowest BCUT2D eigenvalue weighted by Crippen LogP contribution is -2.32. The Balaban J connectivity index is 1.94. The number of carbonyl (C=O) groups is 1. The molecule has 2 aromatic rings. The Morgan fingerprint density at radius 2 is 1.86 bits per heavy atom. The van der Waals surface area contributed by atoms with Crippen molar-refractivity contribution in [2.75, 3.05) is 20.7 Å². The summed E-state index contributed by atoms with van der Waals surface area (Å²) in [5.41, 5.74) is 2.70. The number of hydrogen-bond donors (Lipinski definition) is 1. The zero-order valence-corrected chi connectivity index (χ0v) is 18.0. The molecule has 0 saturated heterocycles. The quantitative estimate of drug-likeness (QED) is 0.705. The number of aryl methyl sites for hydroxylation is 2. The number of halogens is 1. The molecule has 0 aliphatic heterocycles. The van der Waals surface area contributed by atoms with E-state index in [0.29, 0.717) is 17.3 Å². The Morgan fingerprint density at radius 3 is 2.50 bits per heavy atom. The molecule has 1 N–H and O–H groups in total. The molecular formula is C20H25ClN2O4S. The van der Waals surface area contributed by atoms with Gasteiger partial charge >= 0.3 is 0 Å². The summed E-state index contributed by atoms with van der Waals surface area (Å²) in [6, 6.07) is 10.1. The van der Waals surface area contributed by atoms with E-state index in [1.54, 1.807) is 50.6 Å². The van der Waals surface area contributed by atoms with Crippen molar-refractivity contribution in [2.45, 2.75) is 31.7 Å². The third kappa shape index (κ3) is 5.70. The number of carbonyl (C=O) groups excluding carboxylic acids is 1. The normalized spacial score (nSPS) is 11.3. The van der Waals surface area contributed by atoms with Crippen LogP contribution < -0.4 is 9.46 Å². The molecule has 8 heteroatoms. The molecule has 0 aliphatic carbocycles. The summed E-state index contributed by atoms with van der Waals surface area (Å²) in [4.78, 5) is 14.1. The summed E-state index contributed by atoms with van der Waals surface area (Å²) >= 11 is 6.01. The molecular weight excluding hydrogens is 400 g/mol. The van der Waals surface area contributed by atoms with Crippen LogP contribution in [0.4, 0.5) is 0 Å². The lowest BCUT2D eigenvalue weighted by molar-refractivity contribution is -0.130. The van der Waals surface area contributed by atoms with Gasteiger partial charge in [0.2, 0.25) is 15.9 Å². The lowest BCUT2D eigenvalue weighted by Gasteiger charge is -2.19. The van der Waals surface area contributed by atoms with Crippen LogP contribution in [0.1, 0.15) is 23.1 Å². The summed E-state index contributed by atoms with van der Waals surface area (Å²) in [6.45, 7) is 4.11. The minimum atomic E-state index is -3.65. The molecule has 6 nitrogen and oxygen atoms in total. The van der Waals surface area contributed by atoms with Gasteiger partial charge < -0.3 is 9.64 Å². The molecule has 0 saturated carbocycles. The molecule has 0 radical (unpaired) electrons. The fourth-order valence-electron chi connectivity index (χ4n) is 2.66. The van der Waals surface area contributed by atoms with Crippen LogP contribution in [0, 0.1) is 13.8 Å². The topological polar surface area (TPSA) is 75.7 Å². The maximum absolute atomic E-state index is 12.4. The van der Waals surface area contributed by atoms with E-state index >= 15 is 0 Å². The number of hydrogen-bond acceptors (Lipinski definition) is 4. The standard InChI is InChI=1S/C20H25ClN2O4S/c1-14-5-7-18(11-15(14)2)28(25,26)22-10-9-20(24)23(3)13-16-12-17(21)6-8-19(16)27-4/h5-8,11-12,22H,9-10,13H2,1-4H3. The number of nitrogens with zero attached hydrogens (tertiary/aromatic N) is 1. The van der Waals surface area contributed by atoms with Crippen LogP contribution in [-0.2, 0) is 21.4 Å². The van der Waals surface area contributed by atoms with Gasteiger partial charge in [-0.25, -0.2) is 13.1 Å². The molecule has 28 heavy (non-hydrogen) atoms. The van der Waals surface area contributed by atoms with Crippen molar-refractivity contribution in [3.63, 3.8) is 0 Å². The van der Waals surface area contributed by atoms with E-state index in [0.717, 1.165) is 16.7 Å². The van der Waals surface area contributed by atoms with E-state index < -0.39 is 10.0 Å². The van der Waals surface area contributed by atoms with E-state index in [-0.39, 0.29) is 23.8 Å². The first-order chi connectivity index (χ1) is 13.1. The maximum Gasteiger partial charge on any atom is 0.240 e. The van der Waals surface area contributed by atoms with Gasteiger partial charge in [-0.3, -0.25) is 4.79 Å². The van der Waals surface area contributed by atoms with Crippen molar-refractivity contribution < 1.29 is 17.9 Å².